The van der Waals surface area contributed by atoms with Crippen LogP contribution in [-0.4, -0.2) is 4.98 Å². The number of H-pyrrole nitrogens is 1. The molecule has 0 aliphatic carbocycles. The summed E-state index contributed by atoms with van der Waals surface area (Å²) in [6.45, 7) is 1.46. The van der Waals surface area contributed by atoms with Crippen LogP contribution in [0.4, 0.5) is 0 Å². The van der Waals surface area contributed by atoms with Crippen LogP contribution in [0.2, 0.25) is 0 Å². The summed E-state index contributed by atoms with van der Waals surface area (Å²) in [5.41, 5.74) is 4.99. The van der Waals surface area contributed by atoms with E-state index in [1.165, 1.54) is 22.4 Å². The number of aromatic nitrogens is 1. The van der Waals surface area contributed by atoms with Gasteiger partial charge in [0.25, 0.3) is 0 Å². The monoisotopic (exact) mass is 263 g/mol. The van der Waals surface area contributed by atoms with Gasteiger partial charge in [0.15, 0.2) is 0 Å². The zero-order valence-electron chi connectivity index (χ0n) is 8.09. The zero-order valence-corrected chi connectivity index (χ0v) is 9.67. The summed E-state index contributed by atoms with van der Waals surface area (Å²) >= 11 is 3.44. The summed E-state index contributed by atoms with van der Waals surface area (Å²) in [6, 6.07) is 8.32. The fourth-order valence-corrected chi connectivity index (χ4v) is 2.19. The molecule has 0 saturated heterocycles. The summed E-state index contributed by atoms with van der Waals surface area (Å²) in [7, 11) is 0. The number of rotatable bonds is 1. The molecule has 0 unspecified atom stereocenters. The van der Waals surface area contributed by atoms with Gasteiger partial charge in [0.2, 0.25) is 0 Å². The first-order valence-corrected chi connectivity index (χ1v) is 5.67. The van der Waals surface area contributed by atoms with Crippen LogP contribution in [0.3, 0.4) is 0 Å². The molecule has 1 aromatic heterocycles. The molecule has 1 aliphatic rings. The molecule has 2 nitrogen and oxygen atoms in total. The molecule has 3 heteroatoms. The normalized spacial score (nSPS) is 14.2. The first-order chi connectivity index (χ1) is 7.34. The number of ether oxygens (including phenoxy) is 1. The van der Waals surface area contributed by atoms with E-state index in [4.69, 9.17) is 4.74 Å². The van der Waals surface area contributed by atoms with Crippen molar-refractivity contribution in [1.82, 2.24) is 4.98 Å². The van der Waals surface area contributed by atoms with Crippen LogP contribution in [0.15, 0.2) is 34.9 Å². The second-order valence-corrected chi connectivity index (χ2v) is 4.58. The van der Waals surface area contributed by atoms with Crippen LogP contribution in [-0.2, 0) is 18.0 Å². The first-order valence-electron chi connectivity index (χ1n) is 4.87. The predicted molar refractivity (Wildman–Crippen MR) is 62.4 cm³/mol. The van der Waals surface area contributed by atoms with E-state index in [0.29, 0.717) is 0 Å². The first kappa shape index (κ1) is 9.19. The highest BCUT2D eigenvalue weighted by atomic mass is 79.9. The van der Waals surface area contributed by atoms with Gasteiger partial charge in [0.05, 0.1) is 18.9 Å². The Hall–Kier alpha value is -1.06. The van der Waals surface area contributed by atoms with Gasteiger partial charge < -0.3 is 9.72 Å². The summed E-state index contributed by atoms with van der Waals surface area (Å²) in [6.07, 6.45) is 2.04. The molecule has 3 rings (SSSR count). The van der Waals surface area contributed by atoms with E-state index in [2.05, 4.69) is 45.2 Å². The van der Waals surface area contributed by atoms with Gasteiger partial charge >= 0.3 is 0 Å². The van der Waals surface area contributed by atoms with Gasteiger partial charge in [0.1, 0.15) is 0 Å². The molecule has 0 bridgehead atoms. The van der Waals surface area contributed by atoms with Crippen molar-refractivity contribution in [2.24, 2.45) is 0 Å². The van der Waals surface area contributed by atoms with E-state index in [1.807, 2.05) is 6.20 Å². The number of benzene rings is 1. The van der Waals surface area contributed by atoms with Crippen molar-refractivity contribution in [3.05, 3.63) is 46.1 Å². The molecule has 0 saturated carbocycles. The van der Waals surface area contributed by atoms with Crippen molar-refractivity contribution in [2.75, 3.05) is 0 Å². The third kappa shape index (κ3) is 1.52. The van der Waals surface area contributed by atoms with E-state index in [1.54, 1.807) is 0 Å². The summed E-state index contributed by atoms with van der Waals surface area (Å²) < 4.78 is 6.51. The highest BCUT2D eigenvalue weighted by Gasteiger charge is 2.17. The summed E-state index contributed by atoms with van der Waals surface area (Å²) in [4.78, 5) is 3.32. The number of hydrogen-bond acceptors (Lipinski definition) is 1. The van der Waals surface area contributed by atoms with Crippen molar-refractivity contribution in [1.29, 1.82) is 0 Å². The Morgan fingerprint density at radius 1 is 1.13 bits per heavy atom. The van der Waals surface area contributed by atoms with Crippen molar-refractivity contribution >= 4 is 15.9 Å². The van der Waals surface area contributed by atoms with Gasteiger partial charge in [-0.25, -0.2) is 0 Å². The van der Waals surface area contributed by atoms with Gasteiger partial charge in [-0.3, -0.25) is 0 Å². The average Bonchev–Trinajstić information content (AvgIpc) is 2.80. The van der Waals surface area contributed by atoms with Crippen molar-refractivity contribution in [2.45, 2.75) is 13.2 Å². The molecule has 2 heterocycles. The average molecular weight is 264 g/mol. The van der Waals surface area contributed by atoms with Gasteiger partial charge in [0, 0.05) is 21.8 Å². The van der Waals surface area contributed by atoms with Crippen molar-refractivity contribution < 1.29 is 4.74 Å². The van der Waals surface area contributed by atoms with E-state index in [-0.39, 0.29) is 0 Å². The molecule has 76 valence electrons. The Bertz CT molecular complexity index is 487. The van der Waals surface area contributed by atoms with Crippen LogP contribution < -0.4 is 0 Å². The fourth-order valence-electron chi connectivity index (χ4n) is 1.92. The van der Waals surface area contributed by atoms with Gasteiger partial charge in [-0.1, -0.05) is 28.1 Å². The topological polar surface area (TPSA) is 25.0 Å². The van der Waals surface area contributed by atoms with Crippen LogP contribution in [0, 0.1) is 0 Å². The maximum absolute atomic E-state index is 5.41. The fraction of sp³-hybridized carbons (Fsp3) is 0.167. The second kappa shape index (κ2) is 3.51. The number of halogens is 1. The maximum Gasteiger partial charge on any atom is 0.0746 e. The number of fused-ring (bicyclic) bond motifs is 1. The Kier molecular flexibility index (Phi) is 2.15. The molecule has 1 aliphatic heterocycles. The Morgan fingerprint density at radius 2 is 1.93 bits per heavy atom. The van der Waals surface area contributed by atoms with Crippen molar-refractivity contribution in [3.8, 4) is 11.3 Å². The summed E-state index contributed by atoms with van der Waals surface area (Å²) in [5.74, 6) is 0. The molecule has 0 amide bonds. The zero-order chi connectivity index (χ0) is 10.3. The molecule has 0 fully saturated rings. The lowest BCUT2D eigenvalue weighted by Crippen LogP contribution is -1.84. The molecule has 15 heavy (non-hydrogen) atoms. The molecule has 0 radical (unpaired) electrons. The third-order valence-electron chi connectivity index (χ3n) is 2.72. The smallest absolute Gasteiger partial charge is 0.0746 e. The van der Waals surface area contributed by atoms with Crippen LogP contribution in [0.5, 0.6) is 0 Å². The quantitative estimate of drug-likeness (QED) is 0.838. The largest absolute Gasteiger partial charge is 0.372 e. The van der Waals surface area contributed by atoms with E-state index >= 15 is 0 Å². The standard InChI is InChI=1S/C12H10BrNO/c13-10-3-1-8(2-4-10)12-11-7-15-6-9(11)5-14-12/h1-5,14H,6-7H2. The molecular formula is C12H10BrNO. The van der Waals surface area contributed by atoms with E-state index in [9.17, 15) is 0 Å². The Labute approximate surface area is 96.4 Å². The summed E-state index contributed by atoms with van der Waals surface area (Å²) in [5, 5.41) is 0. The lowest BCUT2D eigenvalue weighted by Gasteiger charge is -2.01. The lowest BCUT2D eigenvalue weighted by atomic mass is 10.1. The molecular weight excluding hydrogens is 254 g/mol. The lowest BCUT2D eigenvalue weighted by molar-refractivity contribution is 0.134. The minimum absolute atomic E-state index is 0.726. The van der Waals surface area contributed by atoms with Crippen LogP contribution in [0.25, 0.3) is 11.3 Å². The molecule has 2 aromatic rings. The Balaban J connectivity index is 2.09. The highest BCUT2D eigenvalue weighted by Crippen LogP contribution is 2.31. The molecule has 1 N–H and O–H groups in total. The molecule has 0 atom stereocenters. The minimum atomic E-state index is 0.726. The maximum atomic E-state index is 5.41. The number of aromatic amines is 1. The van der Waals surface area contributed by atoms with E-state index < -0.39 is 0 Å². The third-order valence-corrected chi connectivity index (χ3v) is 3.25. The number of hydrogen-bond donors (Lipinski definition) is 1. The number of nitrogens with one attached hydrogen (secondary N) is 1. The Morgan fingerprint density at radius 3 is 2.73 bits per heavy atom. The molecule has 0 spiro atoms. The van der Waals surface area contributed by atoms with Gasteiger partial charge in [-0.2, -0.15) is 0 Å². The molecule has 1 aromatic carbocycles. The van der Waals surface area contributed by atoms with Gasteiger partial charge in [-0.05, 0) is 17.7 Å². The predicted octanol–water partition coefficient (Wildman–Crippen LogP) is 3.47. The van der Waals surface area contributed by atoms with Crippen LogP contribution >= 0.6 is 15.9 Å². The minimum Gasteiger partial charge on any atom is -0.372 e. The van der Waals surface area contributed by atoms with Crippen molar-refractivity contribution in [3.63, 3.8) is 0 Å². The van der Waals surface area contributed by atoms with Crippen LogP contribution in [0.1, 0.15) is 11.1 Å². The van der Waals surface area contributed by atoms with Gasteiger partial charge in [-0.15, -0.1) is 0 Å². The second-order valence-electron chi connectivity index (χ2n) is 3.67. The van der Waals surface area contributed by atoms with E-state index in [0.717, 1.165) is 17.7 Å². The SMILES string of the molecule is Brc1ccc(-c2[nH]cc3c2COC3)cc1. The highest BCUT2D eigenvalue weighted by molar-refractivity contribution is 9.10.